The number of carbonyl (C=O) groups excluding carboxylic acids is 2. The summed E-state index contributed by atoms with van der Waals surface area (Å²) >= 11 is 0. The summed E-state index contributed by atoms with van der Waals surface area (Å²) in [6.07, 6.45) is 3.18. The van der Waals surface area contributed by atoms with Crippen LogP contribution in [0.1, 0.15) is 52.1 Å². The van der Waals surface area contributed by atoms with E-state index in [1.807, 2.05) is 6.92 Å². The molecule has 0 atom stereocenters. The van der Waals surface area contributed by atoms with Crippen molar-refractivity contribution in [3.63, 3.8) is 0 Å². The monoisotopic (exact) mass is 452 g/mol. The lowest BCUT2D eigenvalue weighted by molar-refractivity contribution is -0.110. The molecule has 8 heteroatoms. The highest BCUT2D eigenvalue weighted by Gasteiger charge is 2.33. The smallest absolute Gasteiger partial charge is 0.256 e. The molecule has 0 bridgehead atoms. The number of allylic oxidation sites excluding steroid dienone is 1. The van der Waals surface area contributed by atoms with E-state index in [0.717, 1.165) is 74.6 Å². The number of fused-ring (bicyclic) bond motifs is 2. The second-order valence-corrected chi connectivity index (χ2v) is 8.89. The molecule has 33 heavy (non-hydrogen) atoms. The van der Waals surface area contributed by atoms with Crippen LogP contribution >= 0.6 is 0 Å². The van der Waals surface area contributed by atoms with Crippen molar-refractivity contribution in [3.05, 3.63) is 52.1 Å². The van der Waals surface area contributed by atoms with Crippen LogP contribution in [-0.2, 0) is 16.0 Å². The number of nitrogens with one attached hydrogen (secondary N) is 3. The van der Waals surface area contributed by atoms with Crippen LogP contribution in [0.3, 0.4) is 0 Å². The van der Waals surface area contributed by atoms with E-state index in [-0.39, 0.29) is 17.6 Å². The highest BCUT2D eigenvalue weighted by Crippen LogP contribution is 2.43. The number of morpholine rings is 1. The molecule has 2 aliphatic heterocycles. The van der Waals surface area contributed by atoms with Crippen molar-refractivity contribution < 1.29 is 18.7 Å². The Kier molecular flexibility index (Phi) is 6.03. The van der Waals surface area contributed by atoms with Gasteiger partial charge in [-0.05, 0) is 68.5 Å². The van der Waals surface area contributed by atoms with Crippen molar-refractivity contribution in [2.45, 2.75) is 32.6 Å². The molecule has 1 aromatic heterocycles. The number of halogens is 1. The Hall–Kier alpha value is -2.97. The number of H-pyrrole nitrogens is 1. The van der Waals surface area contributed by atoms with E-state index < -0.39 is 0 Å². The van der Waals surface area contributed by atoms with Gasteiger partial charge in [0.05, 0.1) is 24.4 Å². The molecule has 174 valence electrons. The summed E-state index contributed by atoms with van der Waals surface area (Å²) in [7, 11) is 0. The van der Waals surface area contributed by atoms with Gasteiger partial charge in [0.15, 0.2) is 0 Å². The fourth-order valence-electron chi connectivity index (χ4n) is 5.17. The normalized spacial score (nSPS) is 20.4. The topological polar surface area (TPSA) is 86.5 Å². The van der Waals surface area contributed by atoms with Crippen molar-refractivity contribution in [2.75, 3.05) is 44.7 Å². The number of rotatable bonds is 5. The minimum Gasteiger partial charge on any atom is -0.379 e. The molecule has 7 nitrogen and oxygen atoms in total. The number of nitrogens with zero attached hydrogens (tertiary/aromatic N) is 1. The first kappa shape index (κ1) is 21.9. The third kappa shape index (κ3) is 4.20. The number of aromatic nitrogens is 1. The fourth-order valence-corrected chi connectivity index (χ4v) is 5.17. The van der Waals surface area contributed by atoms with E-state index in [4.69, 9.17) is 4.74 Å². The average Bonchev–Trinajstić information content (AvgIpc) is 3.32. The molecule has 2 amide bonds. The molecule has 3 aliphatic rings. The first-order valence-corrected chi connectivity index (χ1v) is 11.7. The molecule has 0 unspecified atom stereocenters. The molecule has 3 heterocycles. The van der Waals surface area contributed by atoms with Gasteiger partial charge in [-0.2, -0.15) is 0 Å². The number of ether oxygens (including phenoxy) is 1. The SMILES string of the molecule is Cc1[nH]c2c(c1C(=O)NCCCN1CCOCC1)CCC/C2=C1/C(=O)Nc2ccc(F)cc21. The summed E-state index contributed by atoms with van der Waals surface area (Å²) in [5.41, 5.74) is 5.82. The summed E-state index contributed by atoms with van der Waals surface area (Å²) in [5.74, 6) is -0.681. The number of aromatic amines is 1. The van der Waals surface area contributed by atoms with Gasteiger partial charge in [0.1, 0.15) is 5.82 Å². The number of hydrogen-bond acceptors (Lipinski definition) is 4. The summed E-state index contributed by atoms with van der Waals surface area (Å²) in [6, 6.07) is 4.34. The first-order chi connectivity index (χ1) is 16.0. The van der Waals surface area contributed by atoms with Crippen LogP contribution < -0.4 is 10.6 Å². The van der Waals surface area contributed by atoms with Crippen molar-refractivity contribution in [2.24, 2.45) is 0 Å². The Labute approximate surface area is 192 Å². The van der Waals surface area contributed by atoms with Crippen molar-refractivity contribution in [1.82, 2.24) is 15.2 Å². The number of hydrogen-bond donors (Lipinski definition) is 3. The van der Waals surface area contributed by atoms with E-state index in [2.05, 4.69) is 20.5 Å². The van der Waals surface area contributed by atoms with Crippen molar-refractivity contribution in [3.8, 4) is 0 Å². The van der Waals surface area contributed by atoms with Gasteiger partial charge >= 0.3 is 0 Å². The van der Waals surface area contributed by atoms with Crippen LogP contribution in [0, 0.1) is 12.7 Å². The molecule has 1 saturated heterocycles. The van der Waals surface area contributed by atoms with Crippen LogP contribution in [0.25, 0.3) is 11.1 Å². The maximum atomic E-state index is 13.9. The number of benzene rings is 1. The van der Waals surface area contributed by atoms with Crippen LogP contribution in [-0.4, -0.2) is 61.1 Å². The lowest BCUT2D eigenvalue weighted by Gasteiger charge is -2.26. The van der Waals surface area contributed by atoms with Gasteiger partial charge in [-0.1, -0.05) is 0 Å². The van der Waals surface area contributed by atoms with Crippen LogP contribution in [0.4, 0.5) is 10.1 Å². The maximum Gasteiger partial charge on any atom is 0.256 e. The Bertz CT molecular complexity index is 1130. The van der Waals surface area contributed by atoms with Gasteiger partial charge in [0.2, 0.25) is 0 Å². The third-order valence-corrected chi connectivity index (χ3v) is 6.74. The third-order valence-electron chi connectivity index (χ3n) is 6.74. The number of amides is 2. The molecule has 0 saturated carbocycles. The molecule has 0 spiro atoms. The van der Waals surface area contributed by atoms with Gasteiger partial charge in [0, 0.05) is 42.3 Å². The number of carbonyl (C=O) groups is 2. The van der Waals surface area contributed by atoms with E-state index in [1.165, 1.54) is 12.1 Å². The predicted octanol–water partition coefficient (Wildman–Crippen LogP) is 3.11. The Morgan fingerprint density at radius 2 is 2.06 bits per heavy atom. The average molecular weight is 453 g/mol. The highest BCUT2D eigenvalue weighted by atomic mass is 19.1. The standard InChI is InChI=1S/C25H29FN4O3/c1-15-21(24(31)27-8-3-9-30-10-12-33-13-11-30)17-4-2-5-18(23(17)28-15)22-19-14-16(26)6-7-20(19)29-25(22)32/h6-7,14,28H,2-5,8-13H2,1H3,(H,27,31)(H,29,32)/b22-18-. The summed E-state index contributed by atoms with van der Waals surface area (Å²) in [6.45, 7) is 6.87. The van der Waals surface area contributed by atoms with E-state index in [1.54, 1.807) is 6.07 Å². The summed E-state index contributed by atoms with van der Waals surface area (Å²) in [4.78, 5) is 31.6. The molecule has 0 radical (unpaired) electrons. The zero-order valence-corrected chi connectivity index (χ0v) is 18.9. The first-order valence-electron chi connectivity index (χ1n) is 11.7. The van der Waals surface area contributed by atoms with Crippen LogP contribution in [0.5, 0.6) is 0 Å². The molecule has 3 N–H and O–H groups in total. The van der Waals surface area contributed by atoms with Crippen molar-refractivity contribution >= 4 is 28.6 Å². The lowest BCUT2D eigenvalue weighted by Crippen LogP contribution is -2.38. The van der Waals surface area contributed by atoms with Gasteiger partial charge < -0.3 is 20.4 Å². The van der Waals surface area contributed by atoms with Crippen molar-refractivity contribution in [1.29, 1.82) is 0 Å². The minimum atomic E-state index is -0.376. The maximum absolute atomic E-state index is 13.9. The molecule has 1 fully saturated rings. The molecule has 1 aromatic carbocycles. The zero-order chi connectivity index (χ0) is 22.9. The van der Waals surface area contributed by atoms with E-state index >= 15 is 0 Å². The predicted molar refractivity (Wildman–Crippen MR) is 125 cm³/mol. The molecular formula is C25H29FN4O3. The van der Waals surface area contributed by atoms with E-state index in [0.29, 0.717) is 35.4 Å². The lowest BCUT2D eigenvalue weighted by atomic mass is 9.86. The Morgan fingerprint density at radius 1 is 1.24 bits per heavy atom. The second kappa shape index (κ2) is 9.11. The van der Waals surface area contributed by atoms with Crippen LogP contribution in [0.15, 0.2) is 18.2 Å². The van der Waals surface area contributed by atoms with E-state index in [9.17, 15) is 14.0 Å². The summed E-state index contributed by atoms with van der Waals surface area (Å²) < 4.78 is 19.3. The molecule has 1 aliphatic carbocycles. The van der Waals surface area contributed by atoms with Crippen LogP contribution in [0.2, 0.25) is 0 Å². The van der Waals surface area contributed by atoms with Gasteiger partial charge in [-0.3, -0.25) is 14.5 Å². The summed E-state index contributed by atoms with van der Waals surface area (Å²) in [5, 5.41) is 5.91. The Morgan fingerprint density at radius 3 is 2.88 bits per heavy atom. The Balaban J connectivity index is 1.37. The number of anilines is 1. The zero-order valence-electron chi connectivity index (χ0n) is 18.9. The van der Waals surface area contributed by atoms with Gasteiger partial charge in [-0.25, -0.2) is 4.39 Å². The highest BCUT2D eigenvalue weighted by molar-refractivity contribution is 6.36. The largest absolute Gasteiger partial charge is 0.379 e. The van der Waals surface area contributed by atoms with Gasteiger partial charge in [0.25, 0.3) is 11.8 Å². The minimum absolute atomic E-state index is 0.0828. The molecule has 2 aromatic rings. The fraction of sp³-hybridized carbons (Fsp3) is 0.440. The quantitative estimate of drug-likeness (QED) is 0.481. The number of aryl methyl sites for hydroxylation is 1. The molecule has 5 rings (SSSR count). The van der Waals surface area contributed by atoms with Gasteiger partial charge in [-0.15, -0.1) is 0 Å². The molecular weight excluding hydrogens is 423 g/mol. The second-order valence-electron chi connectivity index (χ2n) is 8.89.